The van der Waals surface area contributed by atoms with E-state index in [0.29, 0.717) is 16.4 Å². The molecule has 7 heteroatoms. The van der Waals surface area contributed by atoms with E-state index in [1.807, 2.05) is 6.07 Å². The summed E-state index contributed by atoms with van der Waals surface area (Å²) in [5.41, 5.74) is 1.14. The average Bonchev–Trinajstić information content (AvgIpc) is 2.55. The van der Waals surface area contributed by atoms with Crippen molar-refractivity contribution in [3.63, 3.8) is 0 Å². The van der Waals surface area contributed by atoms with Crippen LogP contribution in [0.4, 0.5) is 11.4 Å². The molecule has 0 aromatic heterocycles. The molecule has 0 saturated carbocycles. The lowest BCUT2D eigenvalue weighted by atomic mass is 10.3. The molecule has 122 valence electrons. The SMILES string of the molecule is CN(c1ccccc1)S(=O)(=O)CCC(=O)Nc1ccc(Cl)cc1. The second kappa shape index (κ2) is 7.48. The highest BCUT2D eigenvalue weighted by atomic mass is 35.5. The van der Waals surface area contributed by atoms with Crippen molar-refractivity contribution in [2.45, 2.75) is 6.42 Å². The molecule has 0 fully saturated rings. The van der Waals surface area contributed by atoms with Gasteiger partial charge in [0.15, 0.2) is 0 Å². The van der Waals surface area contributed by atoms with Crippen LogP contribution in [0, 0.1) is 0 Å². The normalized spacial score (nSPS) is 11.0. The lowest BCUT2D eigenvalue weighted by molar-refractivity contribution is -0.115. The van der Waals surface area contributed by atoms with Crippen LogP contribution in [-0.4, -0.2) is 27.1 Å². The Morgan fingerprint density at radius 3 is 2.30 bits per heavy atom. The highest BCUT2D eigenvalue weighted by Crippen LogP contribution is 2.17. The van der Waals surface area contributed by atoms with Crippen molar-refractivity contribution in [2.24, 2.45) is 0 Å². The number of rotatable bonds is 6. The van der Waals surface area contributed by atoms with Gasteiger partial charge in [0.1, 0.15) is 0 Å². The number of sulfonamides is 1. The third-order valence-corrected chi connectivity index (χ3v) is 5.27. The summed E-state index contributed by atoms with van der Waals surface area (Å²) in [6, 6.07) is 15.3. The maximum atomic E-state index is 12.3. The number of nitrogens with zero attached hydrogens (tertiary/aromatic N) is 1. The van der Waals surface area contributed by atoms with Crippen LogP contribution in [0.15, 0.2) is 54.6 Å². The summed E-state index contributed by atoms with van der Waals surface area (Å²) < 4.78 is 25.7. The Kier molecular flexibility index (Phi) is 5.63. The van der Waals surface area contributed by atoms with Gasteiger partial charge in [-0.2, -0.15) is 0 Å². The first kappa shape index (κ1) is 17.3. The number of hydrogen-bond donors (Lipinski definition) is 1. The number of carbonyl (C=O) groups excluding carboxylic acids is 1. The van der Waals surface area contributed by atoms with Gasteiger partial charge in [0.2, 0.25) is 15.9 Å². The van der Waals surface area contributed by atoms with Gasteiger partial charge in [-0.3, -0.25) is 9.10 Å². The van der Waals surface area contributed by atoms with Crippen LogP contribution in [0.1, 0.15) is 6.42 Å². The van der Waals surface area contributed by atoms with Crippen molar-refractivity contribution in [2.75, 3.05) is 22.4 Å². The molecular formula is C16H17ClN2O3S. The Balaban J connectivity index is 1.93. The van der Waals surface area contributed by atoms with Crippen LogP contribution in [0.5, 0.6) is 0 Å². The Morgan fingerprint density at radius 2 is 1.70 bits per heavy atom. The van der Waals surface area contributed by atoms with Gasteiger partial charge in [-0.1, -0.05) is 29.8 Å². The number of hydrogen-bond acceptors (Lipinski definition) is 3. The van der Waals surface area contributed by atoms with Gasteiger partial charge >= 0.3 is 0 Å². The van der Waals surface area contributed by atoms with Crippen molar-refractivity contribution in [1.29, 1.82) is 0 Å². The number of anilines is 2. The second-order valence-electron chi connectivity index (χ2n) is 4.92. The van der Waals surface area contributed by atoms with Gasteiger partial charge in [0.25, 0.3) is 0 Å². The number of amides is 1. The number of benzene rings is 2. The Bertz CT molecular complexity index is 762. The minimum atomic E-state index is -3.56. The maximum absolute atomic E-state index is 12.3. The van der Waals surface area contributed by atoms with E-state index in [1.54, 1.807) is 48.5 Å². The van der Waals surface area contributed by atoms with Gasteiger partial charge in [0.05, 0.1) is 11.4 Å². The first-order valence-corrected chi connectivity index (χ1v) is 8.94. The first-order valence-electron chi connectivity index (χ1n) is 6.95. The molecule has 0 saturated heterocycles. The van der Waals surface area contributed by atoms with Crippen LogP contribution >= 0.6 is 11.6 Å². The average molecular weight is 353 g/mol. The van der Waals surface area contributed by atoms with Crippen LogP contribution in [0.25, 0.3) is 0 Å². The highest BCUT2D eigenvalue weighted by molar-refractivity contribution is 7.92. The summed E-state index contributed by atoms with van der Waals surface area (Å²) in [5.74, 6) is -0.630. The van der Waals surface area contributed by atoms with E-state index < -0.39 is 10.0 Å². The lowest BCUT2D eigenvalue weighted by Gasteiger charge is -2.19. The Labute approximate surface area is 140 Å². The molecule has 0 spiro atoms. The van der Waals surface area contributed by atoms with Crippen LogP contribution in [0.2, 0.25) is 5.02 Å². The molecule has 23 heavy (non-hydrogen) atoms. The van der Waals surface area contributed by atoms with Crippen LogP contribution in [-0.2, 0) is 14.8 Å². The predicted molar refractivity (Wildman–Crippen MR) is 93.3 cm³/mol. The molecule has 0 unspecified atom stereocenters. The second-order valence-corrected chi connectivity index (χ2v) is 7.48. The summed E-state index contributed by atoms with van der Waals surface area (Å²) in [6.07, 6.45) is -0.123. The van der Waals surface area contributed by atoms with E-state index in [4.69, 9.17) is 11.6 Å². The molecule has 0 heterocycles. The Hall–Kier alpha value is -2.05. The van der Waals surface area contributed by atoms with Gasteiger partial charge < -0.3 is 5.32 Å². The lowest BCUT2D eigenvalue weighted by Crippen LogP contribution is -2.30. The molecule has 1 N–H and O–H groups in total. The highest BCUT2D eigenvalue weighted by Gasteiger charge is 2.19. The monoisotopic (exact) mass is 352 g/mol. The number of carbonyl (C=O) groups is 1. The fraction of sp³-hybridized carbons (Fsp3) is 0.188. The van der Waals surface area contributed by atoms with E-state index in [1.165, 1.54) is 11.4 Å². The molecular weight excluding hydrogens is 336 g/mol. The molecule has 0 aliphatic rings. The summed E-state index contributed by atoms with van der Waals surface area (Å²) in [4.78, 5) is 11.9. The van der Waals surface area contributed by atoms with E-state index in [2.05, 4.69) is 5.32 Å². The van der Waals surface area contributed by atoms with Gasteiger partial charge in [0, 0.05) is 24.2 Å². The molecule has 2 aromatic rings. The smallest absolute Gasteiger partial charge is 0.235 e. The van der Waals surface area contributed by atoms with Crippen molar-refractivity contribution < 1.29 is 13.2 Å². The molecule has 0 aliphatic carbocycles. The molecule has 0 aliphatic heterocycles. The molecule has 2 aromatic carbocycles. The zero-order valence-corrected chi connectivity index (χ0v) is 14.1. The van der Waals surface area contributed by atoms with Crippen LogP contribution < -0.4 is 9.62 Å². The van der Waals surface area contributed by atoms with Crippen molar-refractivity contribution in [1.82, 2.24) is 0 Å². The summed E-state index contributed by atoms with van der Waals surface area (Å²) in [5, 5.41) is 3.20. The van der Waals surface area contributed by atoms with Crippen molar-refractivity contribution in [3.05, 3.63) is 59.6 Å². The summed E-state index contributed by atoms with van der Waals surface area (Å²) in [7, 11) is -2.08. The summed E-state index contributed by atoms with van der Waals surface area (Å²) >= 11 is 5.76. The van der Waals surface area contributed by atoms with Crippen molar-refractivity contribution in [3.8, 4) is 0 Å². The van der Waals surface area contributed by atoms with Gasteiger partial charge in [-0.25, -0.2) is 8.42 Å². The quantitative estimate of drug-likeness (QED) is 0.868. The standard InChI is InChI=1S/C16H17ClN2O3S/c1-19(15-5-3-2-4-6-15)23(21,22)12-11-16(20)18-14-9-7-13(17)8-10-14/h2-10H,11-12H2,1H3,(H,18,20). The third kappa shape index (κ3) is 4.97. The number of para-hydroxylation sites is 1. The minimum absolute atomic E-state index is 0.123. The van der Waals surface area contributed by atoms with E-state index in [-0.39, 0.29) is 18.1 Å². The number of halogens is 1. The molecule has 0 bridgehead atoms. The molecule has 0 atom stereocenters. The molecule has 2 rings (SSSR count). The first-order chi connectivity index (χ1) is 10.9. The van der Waals surface area contributed by atoms with E-state index in [0.717, 1.165) is 0 Å². The molecule has 5 nitrogen and oxygen atoms in total. The maximum Gasteiger partial charge on any atom is 0.235 e. The topological polar surface area (TPSA) is 66.5 Å². The van der Waals surface area contributed by atoms with Gasteiger partial charge in [-0.05, 0) is 36.4 Å². The molecule has 0 radical (unpaired) electrons. The zero-order valence-electron chi connectivity index (χ0n) is 12.6. The fourth-order valence-corrected chi connectivity index (χ4v) is 3.20. The van der Waals surface area contributed by atoms with E-state index in [9.17, 15) is 13.2 Å². The third-order valence-electron chi connectivity index (χ3n) is 3.25. The molecule has 1 amide bonds. The summed E-state index contributed by atoms with van der Waals surface area (Å²) in [6.45, 7) is 0. The zero-order chi connectivity index (χ0) is 16.9. The largest absolute Gasteiger partial charge is 0.326 e. The Morgan fingerprint density at radius 1 is 1.09 bits per heavy atom. The van der Waals surface area contributed by atoms with Crippen molar-refractivity contribution >= 4 is 38.9 Å². The minimum Gasteiger partial charge on any atom is -0.326 e. The number of nitrogens with one attached hydrogen (secondary N) is 1. The fourth-order valence-electron chi connectivity index (χ4n) is 1.91. The van der Waals surface area contributed by atoms with Gasteiger partial charge in [-0.15, -0.1) is 0 Å². The predicted octanol–water partition coefficient (Wildman–Crippen LogP) is 3.13. The van der Waals surface area contributed by atoms with E-state index >= 15 is 0 Å². The van der Waals surface area contributed by atoms with Crippen LogP contribution in [0.3, 0.4) is 0 Å².